The number of aliphatic hydroxyl groups is 1. The van der Waals surface area contributed by atoms with Crippen molar-refractivity contribution in [1.29, 1.82) is 0 Å². The molecule has 4 rings (SSSR count). The molecular formula is C26H32N4O5. The Morgan fingerprint density at radius 2 is 1.71 bits per heavy atom. The van der Waals surface area contributed by atoms with E-state index in [0.717, 1.165) is 43.0 Å². The number of amides is 1. The van der Waals surface area contributed by atoms with E-state index in [9.17, 15) is 19.8 Å². The average Bonchev–Trinajstić information content (AvgIpc) is 3.27. The lowest BCUT2D eigenvalue weighted by Gasteiger charge is -2.35. The molecule has 186 valence electrons. The van der Waals surface area contributed by atoms with Crippen LogP contribution in [0.15, 0.2) is 42.5 Å². The van der Waals surface area contributed by atoms with Crippen molar-refractivity contribution in [3.8, 4) is 5.75 Å². The Labute approximate surface area is 204 Å². The van der Waals surface area contributed by atoms with Gasteiger partial charge in [0, 0.05) is 49.3 Å². The third-order valence-electron chi connectivity index (χ3n) is 6.33. The number of β-amino-alcohol motifs (C(OH)–C–C–N with tert-alkyl or cyclic N) is 1. The van der Waals surface area contributed by atoms with Crippen molar-refractivity contribution in [3.05, 3.63) is 59.3 Å². The van der Waals surface area contributed by atoms with Crippen LogP contribution in [0.25, 0.3) is 10.9 Å². The smallest absolute Gasteiger partial charge is 0.352 e. The monoisotopic (exact) mass is 480 g/mol. The number of ether oxygens (including phenoxy) is 1. The number of anilines is 1. The number of aromatic carboxylic acids is 1. The molecule has 0 bridgehead atoms. The highest BCUT2D eigenvalue weighted by Gasteiger charge is 2.22. The molecule has 4 N–H and O–H groups in total. The normalized spacial score (nSPS) is 15.7. The lowest BCUT2D eigenvalue weighted by molar-refractivity contribution is -0.117. The van der Waals surface area contributed by atoms with Crippen LogP contribution in [0.4, 0.5) is 5.69 Å². The average molecular weight is 481 g/mol. The second-order valence-corrected chi connectivity index (χ2v) is 9.06. The van der Waals surface area contributed by atoms with Crippen LogP contribution in [-0.4, -0.2) is 88.9 Å². The topological polar surface area (TPSA) is 118 Å². The van der Waals surface area contributed by atoms with Gasteiger partial charge in [-0.25, -0.2) is 4.79 Å². The van der Waals surface area contributed by atoms with E-state index >= 15 is 0 Å². The van der Waals surface area contributed by atoms with E-state index in [1.807, 2.05) is 32.0 Å². The van der Waals surface area contributed by atoms with Gasteiger partial charge in [-0.1, -0.05) is 24.3 Å². The Balaban J connectivity index is 1.22. The van der Waals surface area contributed by atoms with Crippen LogP contribution in [0, 0.1) is 13.8 Å². The first-order valence-electron chi connectivity index (χ1n) is 11.8. The van der Waals surface area contributed by atoms with Gasteiger partial charge in [0.2, 0.25) is 5.91 Å². The Morgan fingerprint density at radius 1 is 1.06 bits per heavy atom. The van der Waals surface area contributed by atoms with Crippen LogP contribution in [0.3, 0.4) is 0 Å². The molecule has 0 radical (unpaired) electrons. The first-order valence-corrected chi connectivity index (χ1v) is 11.8. The number of aromatic nitrogens is 1. The summed E-state index contributed by atoms with van der Waals surface area (Å²) in [5.41, 5.74) is 3.75. The maximum Gasteiger partial charge on any atom is 0.352 e. The van der Waals surface area contributed by atoms with Crippen LogP contribution in [0.2, 0.25) is 0 Å². The summed E-state index contributed by atoms with van der Waals surface area (Å²) < 4.78 is 5.81. The number of hydrogen-bond acceptors (Lipinski definition) is 6. The zero-order valence-corrected chi connectivity index (χ0v) is 20.1. The van der Waals surface area contributed by atoms with Crippen molar-refractivity contribution in [2.75, 3.05) is 51.2 Å². The fourth-order valence-corrected chi connectivity index (χ4v) is 4.43. The molecule has 0 saturated carbocycles. The minimum Gasteiger partial charge on any atom is -0.490 e. The van der Waals surface area contributed by atoms with E-state index < -0.39 is 12.1 Å². The number of H-pyrrole nitrogens is 1. The number of piperazine rings is 1. The zero-order valence-electron chi connectivity index (χ0n) is 20.1. The van der Waals surface area contributed by atoms with E-state index in [1.54, 1.807) is 18.2 Å². The Hall–Kier alpha value is -3.40. The maximum atomic E-state index is 12.5. The second kappa shape index (κ2) is 10.9. The number of fused-ring (bicyclic) bond motifs is 1. The third kappa shape index (κ3) is 6.19. The summed E-state index contributed by atoms with van der Waals surface area (Å²) in [4.78, 5) is 30.9. The summed E-state index contributed by atoms with van der Waals surface area (Å²) >= 11 is 0. The van der Waals surface area contributed by atoms with E-state index in [4.69, 9.17) is 4.74 Å². The number of benzene rings is 2. The van der Waals surface area contributed by atoms with Gasteiger partial charge in [0.25, 0.3) is 0 Å². The number of carboxylic acids is 1. The first-order chi connectivity index (χ1) is 16.8. The highest BCUT2D eigenvalue weighted by Crippen LogP contribution is 2.26. The van der Waals surface area contributed by atoms with Crippen LogP contribution in [0.1, 0.15) is 21.6 Å². The molecule has 1 aliphatic heterocycles. The van der Waals surface area contributed by atoms with Gasteiger partial charge in [-0.05, 0) is 43.2 Å². The third-order valence-corrected chi connectivity index (χ3v) is 6.33. The minimum absolute atomic E-state index is 0.0192. The Bertz CT molecular complexity index is 1180. The fourth-order valence-electron chi connectivity index (χ4n) is 4.43. The van der Waals surface area contributed by atoms with E-state index in [-0.39, 0.29) is 18.2 Å². The van der Waals surface area contributed by atoms with Gasteiger partial charge in [0.1, 0.15) is 24.2 Å². The molecule has 1 amide bonds. The summed E-state index contributed by atoms with van der Waals surface area (Å²) in [6, 6.07) is 12.8. The molecule has 0 aliphatic carbocycles. The number of para-hydroxylation sites is 1. The first kappa shape index (κ1) is 24.7. The van der Waals surface area contributed by atoms with Crippen molar-refractivity contribution < 1.29 is 24.5 Å². The highest BCUT2D eigenvalue weighted by molar-refractivity contribution is 5.96. The molecular weight excluding hydrogens is 448 g/mol. The molecule has 1 saturated heterocycles. The molecule has 1 unspecified atom stereocenters. The number of nitrogens with one attached hydrogen (secondary N) is 2. The number of carbonyl (C=O) groups excluding carboxylic acids is 1. The highest BCUT2D eigenvalue weighted by atomic mass is 16.5. The molecule has 2 aromatic carbocycles. The number of hydrogen-bond donors (Lipinski definition) is 4. The molecule has 9 nitrogen and oxygen atoms in total. The number of carboxylic acid groups (broad SMARTS) is 1. The van der Waals surface area contributed by atoms with Crippen LogP contribution >= 0.6 is 0 Å². The van der Waals surface area contributed by atoms with Crippen molar-refractivity contribution in [2.24, 2.45) is 0 Å². The van der Waals surface area contributed by atoms with Crippen LogP contribution in [-0.2, 0) is 4.79 Å². The molecule has 1 aliphatic rings. The number of nitrogens with zero attached hydrogens (tertiary/aromatic N) is 2. The molecule has 1 atom stereocenters. The Morgan fingerprint density at radius 3 is 2.40 bits per heavy atom. The molecule has 35 heavy (non-hydrogen) atoms. The lowest BCUT2D eigenvalue weighted by atomic mass is 10.1. The summed E-state index contributed by atoms with van der Waals surface area (Å²) in [7, 11) is 0. The van der Waals surface area contributed by atoms with Crippen molar-refractivity contribution in [3.63, 3.8) is 0 Å². The quantitative estimate of drug-likeness (QED) is 0.372. The predicted molar refractivity (Wildman–Crippen MR) is 134 cm³/mol. The molecule has 9 heteroatoms. The molecule has 2 heterocycles. The number of aromatic amines is 1. The zero-order chi connectivity index (χ0) is 24.9. The number of aliphatic hydroxyl groups excluding tert-OH is 1. The maximum absolute atomic E-state index is 12.5. The van der Waals surface area contributed by atoms with E-state index in [2.05, 4.69) is 20.1 Å². The number of rotatable bonds is 9. The van der Waals surface area contributed by atoms with Gasteiger partial charge in [-0.15, -0.1) is 0 Å². The SMILES string of the molecule is Cc1cccc(C)c1NC(=O)CN1CCN(CC(O)COc2cccc3[nH]c(C(=O)O)cc23)CC1. The van der Waals surface area contributed by atoms with Gasteiger partial charge >= 0.3 is 5.97 Å². The fraction of sp³-hybridized carbons (Fsp3) is 0.385. The minimum atomic E-state index is -1.03. The largest absolute Gasteiger partial charge is 0.490 e. The van der Waals surface area contributed by atoms with Gasteiger partial charge in [0.15, 0.2) is 0 Å². The standard InChI is InChI=1S/C26H32N4O5/c1-17-5-3-6-18(2)25(17)28-24(32)15-30-11-9-29(10-12-30)14-19(31)16-35-23-8-4-7-21-20(23)13-22(27-21)26(33)34/h3-8,13,19,27,31H,9-12,14-16H2,1-2H3,(H,28,32)(H,33,34). The lowest BCUT2D eigenvalue weighted by Crippen LogP contribution is -2.50. The molecule has 1 fully saturated rings. The summed E-state index contributed by atoms with van der Waals surface area (Å²) in [6.07, 6.45) is -0.693. The van der Waals surface area contributed by atoms with Gasteiger partial charge in [-0.3, -0.25) is 14.6 Å². The van der Waals surface area contributed by atoms with Crippen molar-refractivity contribution in [2.45, 2.75) is 20.0 Å². The number of carbonyl (C=O) groups is 2. The van der Waals surface area contributed by atoms with Crippen molar-refractivity contribution >= 4 is 28.5 Å². The van der Waals surface area contributed by atoms with Crippen LogP contribution in [0.5, 0.6) is 5.75 Å². The van der Waals surface area contributed by atoms with Gasteiger partial charge in [0.05, 0.1) is 6.54 Å². The van der Waals surface area contributed by atoms with Gasteiger partial charge < -0.3 is 25.3 Å². The summed E-state index contributed by atoms with van der Waals surface area (Å²) in [5.74, 6) is -0.520. The summed E-state index contributed by atoms with van der Waals surface area (Å²) in [6.45, 7) is 7.88. The van der Waals surface area contributed by atoms with Gasteiger partial charge in [-0.2, -0.15) is 0 Å². The summed E-state index contributed by atoms with van der Waals surface area (Å²) in [5, 5.41) is 23.4. The molecule has 1 aromatic heterocycles. The molecule has 0 spiro atoms. The van der Waals surface area contributed by atoms with Crippen molar-refractivity contribution in [1.82, 2.24) is 14.8 Å². The van der Waals surface area contributed by atoms with Crippen LogP contribution < -0.4 is 10.1 Å². The second-order valence-electron chi connectivity index (χ2n) is 9.06. The molecule has 3 aromatic rings. The number of aryl methyl sites for hydroxylation is 2. The predicted octanol–water partition coefficient (Wildman–Crippen LogP) is 2.48. The van der Waals surface area contributed by atoms with E-state index in [1.165, 1.54) is 6.07 Å². The van der Waals surface area contributed by atoms with E-state index in [0.29, 0.717) is 29.7 Å². The Kier molecular flexibility index (Phi) is 7.70.